The van der Waals surface area contributed by atoms with Gasteiger partial charge in [0.15, 0.2) is 0 Å². The first-order valence-corrected chi connectivity index (χ1v) is 9.96. The Morgan fingerprint density at radius 2 is 1.31 bits per heavy atom. The molecule has 0 aliphatic rings. The summed E-state index contributed by atoms with van der Waals surface area (Å²) in [5, 5.41) is 0. The molecule has 152 valence electrons. The predicted octanol–water partition coefficient (Wildman–Crippen LogP) is 6.56. The van der Waals surface area contributed by atoms with E-state index in [0.717, 1.165) is 32.1 Å². The van der Waals surface area contributed by atoms with Crippen LogP contribution < -0.4 is 0 Å². The number of allylic oxidation sites excluding steroid dienone is 2. The summed E-state index contributed by atoms with van der Waals surface area (Å²) in [4.78, 5) is 24.3. The number of hydrogen-bond donors (Lipinski definition) is 0. The Morgan fingerprint density at radius 1 is 0.769 bits per heavy atom. The highest BCUT2D eigenvalue weighted by Gasteiger charge is 2.06. The van der Waals surface area contributed by atoms with Gasteiger partial charge in [-0.2, -0.15) is 0 Å². The van der Waals surface area contributed by atoms with Gasteiger partial charge < -0.3 is 9.47 Å². The zero-order valence-electron chi connectivity index (χ0n) is 16.2. The lowest BCUT2D eigenvalue weighted by Crippen LogP contribution is -2.11. The van der Waals surface area contributed by atoms with Crippen LogP contribution >= 0.6 is 0 Å². The van der Waals surface area contributed by atoms with Gasteiger partial charge in [0.2, 0.25) is 6.79 Å². The van der Waals surface area contributed by atoms with E-state index in [9.17, 15) is 14.1 Å². The lowest BCUT2D eigenvalue weighted by molar-refractivity contribution is -0.160. The molecule has 0 heterocycles. The normalized spacial score (nSPS) is 10.8. The summed E-state index contributed by atoms with van der Waals surface area (Å²) >= 11 is 0. The van der Waals surface area contributed by atoms with Crippen molar-refractivity contribution in [2.75, 3.05) is 6.79 Å². The highest BCUT2D eigenvalue weighted by Crippen LogP contribution is 2.10. The molecule has 26 heavy (non-hydrogen) atoms. The molecule has 0 bridgehead atoms. The van der Waals surface area contributed by atoms with Crippen LogP contribution in [0.1, 0.15) is 96.8 Å². The van der Waals surface area contributed by atoms with Gasteiger partial charge in [0.1, 0.15) is 0 Å². The molecule has 5 nitrogen and oxygen atoms in total. The van der Waals surface area contributed by atoms with Gasteiger partial charge in [-0.05, 0) is 32.1 Å². The van der Waals surface area contributed by atoms with E-state index in [1.807, 2.05) is 0 Å². The van der Waals surface area contributed by atoms with Gasteiger partial charge >= 0.3 is 12.1 Å². The van der Waals surface area contributed by atoms with Crippen molar-refractivity contribution in [3.8, 4) is 0 Å². The van der Waals surface area contributed by atoms with Crippen LogP contribution in [0, 0.1) is 0 Å². The van der Waals surface area contributed by atoms with E-state index in [0.29, 0.717) is 0 Å². The average Bonchev–Trinajstić information content (AvgIpc) is 2.64. The predicted molar refractivity (Wildman–Crippen MR) is 99.1 cm³/mol. The van der Waals surface area contributed by atoms with E-state index in [1.54, 1.807) is 0 Å². The second kappa shape index (κ2) is 19.7. The van der Waals surface area contributed by atoms with E-state index in [2.05, 4.69) is 33.5 Å². The fourth-order valence-electron chi connectivity index (χ4n) is 2.58. The molecule has 0 atom stereocenters. The molecule has 0 aromatic carbocycles. The summed E-state index contributed by atoms with van der Waals surface area (Å²) in [6, 6.07) is 0. The minimum atomic E-state index is -1.51. The third kappa shape index (κ3) is 18.7. The largest absolute Gasteiger partial charge is 0.547 e. The van der Waals surface area contributed by atoms with Crippen molar-refractivity contribution < 1.29 is 28.5 Å². The van der Waals surface area contributed by atoms with E-state index in [-0.39, 0.29) is 6.42 Å². The van der Waals surface area contributed by atoms with Gasteiger partial charge in [-0.25, -0.2) is 9.74 Å². The zero-order chi connectivity index (χ0) is 19.3. The number of carbonyl (C=O) groups excluding carboxylic acids is 2. The molecule has 6 heteroatoms. The minimum absolute atomic E-state index is 0.270. The van der Waals surface area contributed by atoms with Crippen LogP contribution in [0.15, 0.2) is 12.2 Å². The Balaban J connectivity index is 3.24. The topological polar surface area (TPSA) is 61.8 Å². The van der Waals surface area contributed by atoms with Gasteiger partial charge in [-0.15, -0.1) is 0 Å². The van der Waals surface area contributed by atoms with Crippen LogP contribution in [0.3, 0.4) is 0 Å². The van der Waals surface area contributed by atoms with Crippen molar-refractivity contribution >= 4 is 12.1 Å². The molecular weight excluding hydrogens is 339 g/mol. The summed E-state index contributed by atoms with van der Waals surface area (Å²) in [6.07, 6.45) is 18.8. The molecule has 0 amide bonds. The van der Waals surface area contributed by atoms with E-state index in [1.165, 1.54) is 51.4 Å². The van der Waals surface area contributed by atoms with Crippen LogP contribution in [0.2, 0.25) is 0 Å². The first-order valence-electron chi connectivity index (χ1n) is 9.96. The van der Waals surface area contributed by atoms with E-state index < -0.39 is 18.9 Å². The maximum absolute atomic E-state index is 11.3. The first-order chi connectivity index (χ1) is 12.7. The Bertz CT molecular complexity index is 371. The number of halogens is 1. The third-order valence-electron chi connectivity index (χ3n) is 4.10. The number of hydrogen-bond acceptors (Lipinski definition) is 5. The van der Waals surface area contributed by atoms with Crippen molar-refractivity contribution in [3.05, 3.63) is 12.2 Å². The zero-order valence-corrected chi connectivity index (χ0v) is 16.2. The Hall–Kier alpha value is -1.59. The molecule has 0 aliphatic heterocycles. The fraction of sp³-hybridized carbons (Fsp3) is 0.800. The summed E-state index contributed by atoms with van der Waals surface area (Å²) < 4.78 is 20.0. The molecule has 0 radical (unpaired) electrons. The second-order valence-corrected chi connectivity index (χ2v) is 6.44. The maximum Gasteiger partial charge on any atom is 0.547 e. The molecule has 0 aromatic rings. The lowest BCUT2D eigenvalue weighted by atomic mass is 10.1. The van der Waals surface area contributed by atoms with E-state index in [4.69, 9.17) is 0 Å². The highest BCUT2D eigenvalue weighted by atomic mass is 19.3. The van der Waals surface area contributed by atoms with Gasteiger partial charge in [-0.3, -0.25) is 4.79 Å². The van der Waals surface area contributed by atoms with Gasteiger partial charge in [0.25, 0.3) is 0 Å². The monoisotopic (exact) mass is 374 g/mol. The molecule has 0 aliphatic carbocycles. The SMILES string of the molecule is CCCCCCCC/C=C\CCCCCCCC(=O)OCOC(=O)OF. The average molecular weight is 374 g/mol. The number of rotatable bonds is 17. The second-order valence-electron chi connectivity index (χ2n) is 6.44. The molecule has 0 saturated carbocycles. The van der Waals surface area contributed by atoms with Crippen molar-refractivity contribution in [2.24, 2.45) is 0 Å². The molecule has 0 aromatic heterocycles. The maximum atomic E-state index is 11.3. The Labute approximate surface area is 157 Å². The van der Waals surface area contributed by atoms with Crippen LogP contribution in [-0.4, -0.2) is 18.9 Å². The molecule has 0 fully saturated rings. The van der Waals surface area contributed by atoms with Crippen LogP contribution in [-0.2, 0) is 19.2 Å². The molecule has 0 N–H and O–H groups in total. The molecule has 0 spiro atoms. The van der Waals surface area contributed by atoms with E-state index >= 15 is 0 Å². The number of esters is 1. The summed E-state index contributed by atoms with van der Waals surface area (Å²) in [5.41, 5.74) is 0. The fourth-order valence-corrected chi connectivity index (χ4v) is 2.58. The smallest absolute Gasteiger partial charge is 0.428 e. The Kier molecular flexibility index (Phi) is 18.5. The summed E-state index contributed by atoms with van der Waals surface area (Å²) in [6.45, 7) is 1.62. The number of unbranched alkanes of at least 4 members (excludes halogenated alkanes) is 11. The molecule has 0 saturated heterocycles. The van der Waals surface area contributed by atoms with Crippen LogP contribution in [0.25, 0.3) is 0 Å². The third-order valence-corrected chi connectivity index (χ3v) is 4.10. The van der Waals surface area contributed by atoms with Crippen LogP contribution in [0.4, 0.5) is 9.32 Å². The standard InChI is InChI=1S/C20H35FO5/c1-2-3-4-5-6-7-8-9-10-11-12-13-14-15-16-17-19(22)24-18-25-20(23)26-21/h9-10H,2-8,11-18H2,1H3/b10-9-. The quantitative estimate of drug-likeness (QED) is 0.125. The van der Waals surface area contributed by atoms with Crippen LogP contribution in [0.5, 0.6) is 0 Å². The van der Waals surface area contributed by atoms with Gasteiger partial charge in [0.05, 0.1) is 0 Å². The van der Waals surface area contributed by atoms with Crippen molar-refractivity contribution in [2.45, 2.75) is 96.8 Å². The first kappa shape index (κ1) is 24.4. The number of carbonyl (C=O) groups is 2. The highest BCUT2D eigenvalue weighted by molar-refractivity contribution is 5.69. The minimum Gasteiger partial charge on any atom is -0.428 e. The van der Waals surface area contributed by atoms with Crippen molar-refractivity contribution in [1.82, 2.24) is 0 Å². The van der Waals surface area contributed by atoms with Gasteiger partial charge in [-0.1, -0.05) is 70.4 Å². The Morgan fingerprint density at radius 3 is 1.88 bits per heavy atom. The van der Waals surface area contributed by atoms with Crippen molar-refractivity contribution in [3.63, 3.8) is 0 Å². The van der Waals surface area contributed by atoms with Crippen molar-refractivity contribution in [1.29, 1.82) is 0 Å². The summed E-state index contributed by atoms with van der Waals surface area (Å²) in [7, 11) is 0. The molecular formula is C20H35FO5. The molecule has 0 unspecified atom stereocenters. The molecule has 0 rings (SSSR count). The number of ether oxygens (including phenoxy) is 2. The summed E-state index contributed by atoms with van der Waals surface area (Å²) in [5.74, 6) is -0.464. The van der Waals surface area contributed by atoms with Gasteiger partial charge in [0, 0.05) is 10.9 Å². The lowest BCUT2D eigenvalue weighted by Gasteiger charge is -2.04.